The van der Waals surface area contributed by atoms with Gasteiger partial charge in [-0.15, -0.1) is 0 Å². The summed E-state index contributed by atoms with van der Waals surface area (Å²) in [6, 6.07) is 76.0. The fourth-order valence-electron chi connectivity index (χ4n) is 10.2. The first-order chi connectivity index (χ1) is 28.8. The Kier molecular flexibility index (Phi) is 7.18. The third kappa shape index (κ3) is 4.63. The van der Waals surface area contributed by atoms with E-state index >= 15 is 0 Å². The van der Waals surface area contributed by atoms with Gasteiger partial charge in [-0.3, -0.25) is 4.98 Å². The molecule has 1 aromatic heterocycles. The molecule has 9 aromatic carbocycles. The topological polar surface area (TPSA) is 16.1 Å². The second-order valence-electron chi connectivity index (χ2n) is 15.5. The molecule has 0 saturated carbocycles. The van der Waals surface area contributed by atoms with Gasteiger partial charge in [0.1, 0.15) is 0 Å². The summed E-state index contributed by atoms with van der Waals surface area (Å²) in [5.41, 5.74) is 18.3. The summed E-state index contributed by atoms with van der Waals surface area (Å²) in [5, 5.41) is 4.97. The molecule has 2 aliphatic carbocycles. The maximum Gasteiger partial charge on any atom is 0.0731 e. The number of aromatic nitrogens is 1. The summed E-state index contributed by atoms with van der Waals surface area (Å²) in [7, 11) is 0. The lowest BCUT2D eigenvalue weighted by Gasteiger charge is -2.32. The average molecular weight is 737 g/mol. The van der Waals surface area contributed by atoms with Gasteiger partial charge < -0.3 is 4.90 Å². The van der Waals surface area contributed by atoms with Crippen molar-refractivity contribution in [2.24, 2.45) is 0 Å². The summed E-state index contributed by atoms with van der Waals surface area (Å²) < 4.78 is 0. The molecule has 10 aromatic rings. The molecule has 0 unspecified atom stereocenters. The maximum atomic E-state index is 4.52. The van der Waals surface area contributed by atoms with Crippen LogP contribution in [0, 0.1) is 0 Å². The Morgan fingerprint density at radius 1 is 0.379 bits per heavy atom. The Balaban J connectivity index is 1.02. The first kappa shape index (κ1) is 32.7. The molecule has 0 fully saturated rings. The summed E-state index contributed by atoms with van der Waals surface area (Å²) in [5.74, 6) is 0. The largest absolute Gasteiger partial charge is 0.308 e. The van der Waals surface area contributed by atoms with E-state index < -0.39 is 5.41 Å². The molecule has 2 nitrogen and oxygen atoms in total. The van der Waals surface area contributed by atoms with Crippen molar-refractivity contribution in [1.29, 1.82) is 0 Å². The molecular formula is C56H36N2. The lowest BCUT2D eigenvalue weighted by atomic mass is 9.68. The molecule has 1 heterocycles. The predicted octanol–water partition coefficient (Wildman–Crippen LogP) is 14.5. The molecule has 0 bridgehead atoms. The van der Waals surface area contributed by atoms with Crippen LogP contribution in [0.3, 0.4) is 0 Å². The second kappa shape index (κ2) is 12.7. The van der Waals surface area contributed by atoms with Gasteiger partial charge in [0, 0.05) is 17.3 Å². The van der Waals surface area contributed by atoms with Crippen molar-refractivity contribution in [1.82, 2.24) is 4.98 Å². The van der Waals surface area contributed by atoms with Crippen LogP contribution in [0.15, 0.2) is 219 Å². The van der Waals surface area contributed by atoms with E-state index in [9.17, 15) is 0 Å². The van der Waals surface area contributed by atoms with Gasteiger partial charge in [-0.05, 0) is 113 Å². The lowest BCUT2D eigenvalue weighted by molar-refractivity contribution is 0.796. The zero-order valence-electron chi connectivity index (χ0n) is 31.7. The highest BCUT2D eigenvalue weighted by molar-refractivity contribution is 6.08. The first-order valence-corrected chi connectivity index (χ1v) is 20.0. The van der Waals surface area contributed by atoms with Gasteiger partial charge in [-0.2, -0.15) is 0 Å². The Bertz CT molecular complexity index is 3180. The Labute approximate surface area is 338 Å². The van der Waals surface area contributed by atoms with E-state index in [-0.39, 0.29) is 0 Å². The molecule has 2 heteroatoms. The number of hydrogen-bond acceptors (Lipinski definition) is 2. The first-order valence-electron chi connectivity index (χ1n) is 20.0. The minimum atomic E-state index is -0.442. The van der Waals surface area contributed by atoms with Crippen molar-refractivity contribution in [2.75, 3.05) is 4.90 Å². The zero-order chi connectivity index (χ0) is 38.2. The van der Waals surface area contributed by atoms with Crippen molar-refractivity contribution < 1.29 is 0 Å². The molecule has 270 valence electrons. The van der Waals surface area contributed by atoms with Crippen molar-refractivity contribution in [2.45, 2.75) is 5.41 Å². The standard InChI is InChI=1S/C56H36N2/c1-3-19-44-38(13-1)15-10-27-53(44)58(43-18-12-34-57-36-43)42-17-9-16-41(35-42)37-28-30-40(31-29-37)46-23-11-24-49-54-45-20-4-2-14-39(45)32-33-52(54)56(55(46)49)50-25-7-5-21-47(50)48-22-6-8-26-51(48)56/h1-36H. The summed E-state index contributed by atoms with van der Waals surface area (Å²) in [6.07, 6.45) is 3.77. The summed E-state index contributed by atoms with van der Waals surface area (Å²) in [4.78, 5) is 6.84. The quantitative estimate of drug-likeness (QED) is 0.175. The molecule has 0 amide bonds. The van der Waals surface area contributed by atoms with Gasteiger partial charge in [0.05, 0.1) is 23.0 Å². The van der Waals surface area contributed by atoms with Crippen molar-refractivity contribution in [3.8, 4) is 44.5 Å². The SMILES string of the molecule is c1cncc(N(c2cccc(-c3ccc(-c4cccc5c4C4(c6ccccc6-c6ccccc64)c4ccc6ccccc6c4-5)cc3)c2)c2cccc3ccccc23)c1. The fourth-order valence-corrected chi connectivity index (χ4v) is 10.2. The molecule has 0 aliphatic heterocycles. The molecule has 0 N–H and O–H groups in total. The van der Waals surface area contributed by atoms with Gasteiger partial charge in [-0.25, -0.2) is 0 Å². The number of pyridine rings is 1. The Morgan fingerprint density at radius 3 is 1.76 bits per heavy atom. The monoisotopic (exact) mass is 736 g/mol. The number of benzene rings is 9. The van der Waals surface area contributed by atoms with Crippen LogP contribution in [-0.4, -0.2) is 4.98 Å². The van der Waals surface area contributed by atoms with Crippen molar-refractivity contribution >= 4 is 38.6 Å². The number of rotatable bonds is 5. The zero-order valence-corrected chi connectivity index (χ0v) is 31.7. The van der Waals surface area contributed by atoms with Crippen LogP contribution >= 0.6 is 0 Å². The summed E-state index contributed by atoms with van der Waals surface area (Å²) >= 11 is 0. The smallest absolute Gasteiger partial charge is 0.0731 e. The molecule has 1 spiro atoms. The van der Waals surface area contributed by atoms with Crippen LogP contribution in [0.25, 0.3) is 66.1 Å². The molecule has 0 radical (unpaired) electrons. The van der Waals surface area contributed by atoms with Crippen LogP contribution in [0.4, 0.5) is 17.1 Å². The van der Waals surface area contributed by atoms with Crippen LogP contribution in [0.2, 0.25) is 0 Å². The summed E-state index contributed by atoms with van der Waals surface area (Å²) in [6.45, 7) is 0. The molecular weight excluding hydrogens is 701 g/mol. The van der Waals surface area contributed by atoms with E-state index in [2.05, 4.69) is 210 Å². The van der Waals surface area contributed by atoms with E-state index in [1.165, 1.54) is 82.7 Å². The minimum absolute atomic E-state index is 0.442. The van der Waals surface area contributed by atoms with Gasteiger partial charge in [0.15, 0.2) is 0 Å². The van der Waals surface area contributed by atoms with Crippen LogP contribution in [-0.2, 0) is 5.41 Å². The number of fused-ring (bicyclic) bond motifs is 13. The van der Waals surface area contributed by atoms with E-state index in [1.807, 2.05) is 18.5 Å². The molecule has 0 saturated heterocycles. The lowest BCUT2D eigenvalue weighted by Crippen LogP contribution is -2.26. The Hall–Kier alpha value is -7.55. The number of hydrogen-bond donors (Lipinski definition) is 0. The maximum absolute atomic E-state index is 4.52. The van der Waals surface area contributed by atoms with E-state index in [1.54, 1.807) is 0 Å². The van der Waals surface area contributed by atoms with E-state index in [4.69, 9.17) is 0 Å². The van der Waals surface area contributed by atoms with Crippen molar-refractivity contribution in [3.05, 3.63) is 241 Å². The van der Waals surface area contributed by atoms with Crippen LogP contribution in [0.1, 0.15) is 22.3 Å². The Morgan fingerprint density at radius 2 is 0.983 bits per heavy atom. The third-order valence-corrected chi connectivity index (χ3v) is 12.5. The molecule has 2 aliphatic rings. The highest BCUT2D eigenvalue weighted by Crippen LogP contribution is 2.65. The predicted molar refractivity (Wildman–Crippen MR) is 241 cm³/mol. The van der Waals surface area contributed by atoms with Crippen molar-refractivity contribution in [3.63, 3.8) is 0 Å². The van der Waals surface area contributed by atoms with Crippen LogP contribution < -0.4 is 4.90 Å². The normalized spacial score (nSPS) is 13.0. The third-order valence-electron chi connectivity index (χ3n) is 12.5. The highest BCUT2D eigenvalue weighted by atomic mass is 15.1. The average Bonchev–Trinajstić information content (AvgIpc) is 3.77. The van der Waals surface area contributed by atoms with E-state index in [0.29, 0.717) is 0 Å². The molecule has 0 atom stereocenters. The molecule has 58 heavy (non-hydrogen) atoms. The highest BCUT2D eigenvalue weighted by Gasteiger charge is 2.53. The van der Waals surface area contributed by atoms with Crippen LogP contribution in [0.5, 0.6) is 0 Å². The number of nitrogens with zero attached hydrogens (tertiary/aromatic N) is 2. The van der Waals surface area contributed by atoms with E-state index in [0.717, 1.165) is 22.6 Å². The van der Waals surface area contributed by atoms with Gasteiger partial charge in [0.25, 0.3) is 0 Å². The number of anilines is 3. The fraction of sp³-hybridized carbons (Fsp3) is 0.0179. The minimum Gasteiger partial charge on any atom is -0.308 e. The van der Waals surface area contributed by atoms with Gasteiger partial charge in [-0.1, -0.05) is 176 Å². The molecule has 12 rings (SSSR count). The second-order valence-corrected chi connectivity index (χ2v) is 15.5. The van der Waals surface area contributed by atoms with Gasteiger partial charge >= 0.3 is 0 Å². The van der Waals surface area contributed by atoms with Gasteiger partial charge in [0.2, 0.25) is 0 Å².